The van der Waals surface area contributed by atoms with Crippen LogP contribution in [0.3, 0.4) is 0 Å². The minimum atomic E-state index is -1.68. The summed E-state index contributed by atoms with van der Waals surface area (Å²) in [6, 6.07) is 13.7. The Balaban J connectivity index is 1.79. The first-order valence-corrected chi connectivity index (χ1v) is 12.1. The fourth-order valence-corrected chi connectivity index (χ4v) is 7.18. The Morgan fingerprint density at radius 2 is 1.32 bits per heavy atom. The topological polar surface area (TPSA) is 18.5 Å². The lowest BCUT2D eigenvalue weighted by Gasteiger charge is -2.32. The zero-order valence-corrected chi connectivity index (χ0v) is 17.4. The van der Waals surface area contributed by atoms with Crippen LogP contribution < -0.4 is 15.8 Å². The molecule has 2 nitrogen and oxygen atoms in total. The van der Waals surface area contributed by atoms with Crippen LogP contribution in [0, 0.1) is 6.92 Å². The first kappa shape index (κ1) is 17.1. The average molecular weight is 350 g/mol. The van der Waals surface area contributed by atoms with Gasteiger partial charge >= 0.3 is 7.12 Å². The molecule has 0 spiro atoms. The smallest absolute Gasteiger partial charge is 0.399 e. The molecular weight excluding hydrogens is 323 g/mol. The molecule has 2 heterocycles. The van der Waals surface area contributed by atoms with Crippen LogP contribution in [-0.4, -0.2) is 26.4 Å². The highest BCUT2D eigenvalue weighted by atomic mass is 28.3. The van der Waals surface area contributed by atoms with Gasteiger partial charge in [0, 0.05) is 0 Å². The van der Waals surface area contributed by atoms with Gasteiger partial charge in [0.2, 0.25) is 0 Å². The van der Waals surface area contributed by atoms with E-state index in [-0.39, 0.29) is 18.3 Å². The quantitative estimate of drug-likeness (QED) is 0.736. The molecule has 1 saturated heterocycles. The molecule has 25 heavy (non-hydrogen) atoms. The van der Waals surface area contributed by atoms with Gasteiger partial charge in [0.15, 0.2) is 0 Å². The zero-order chi connectivity index (χ0) is 18.2. The number of aryl methyl sites for hydroxylation is 1. The first-order valence-electron chi connectivity index (χ1n) is 9.14. The van der Waals surface area contributed by atoms with Gasteiger partial charge in [-0.3, -0.25) is 0 Å². The Morgan fingerprint density at radius 3 is 1.92 bits per heavy atom. The number of hydrogen-bond donors (Lipinski definition) is 0. The van der Waals surface area contributed by atoms with E-state index in [9.17, 15) is 0 Å². The summed E-state index contributed by atoms with van der Waals surface area (Å²) in [7, 11) is -1.96. The third kappa shape index (κ3) is 2.38. The highest BCUT2D eigenvalue weighted by molar-refractivity contribution is 7.04. The van der Waals surface area contributed by atoms with Crippen molar-refractivity contribution in [1.29, 1.82) is 0 Å². The van der Waals surface area contributed by atoms with Crippen molar-refractivity contribution in [1.82, 2.24) is 0 Å². The van der Waals surface area contributed by atoms with Gasteiger partial charge in [-0.05, 0) is 61.6 Å². The zero-order valence-electron chi connectivity index (χ0n) is 16.4. The van der Waals surface area contributed by atoms with Crippen molar-refractivity contribution >= 4 is 31.0 Å². The molecule has 4 rings (SSSR count). The molecule has 130 valence electrons. The Labute approximate surface area is 152 Å². The minimum Gasteiger partial charge on any atom is -0.399 e. The summed E-state index contributed by atoms with van der Waals surface area (Å²) in [6.07, 6.45) is 0. The molecule has 0 aromatic heterocycles. The van der Waals surface area contributed by atoms with Crippen molar-refractivity contribution in [2.24, 2.45) is 0 Å². The van der Waals surface area contributed by atoms with E-state index >= 15 is 0 Å². The molecule has 0 unspecified atom stereocenters. The fraction of sp³-hybridized carbons (Fsp3) is 0.429. The van der Waals surface area contributed by atoms with E-state index < -0.39 is 8.07 Å². The maximum absolute atomic E-state index is 6.27. The molecule has 0 amide bonds. The summed E-state index contributed by atoms with van der Waals surface area (Å²) in [5, 5.41) is 3.05. The van der Waals surface area contributed by atoms with Crippen LogP contribution in [0.1, 0.15) is 33.3 Å². The molecule has 2 aliphatic heterocycles. The van der Waals surface area contributed by atoms with E-state index in [0.717, 1.165) is 5.46 Å². The molecule has 1 fully saturated rings. The summed E-state index contributed by atoms with van der Waals surface area (Å²) in [4.78, 5) is 0. The van der Waals surface area contributed by atoms with Crippen molar-refractivity contribution in [3.63, 3.8) is 0 Å². The van der Waals surface area contributed by atoms with Gasteiger partial charge in [0.1, 0.15) is 8.07 Å². The van der Waals surface area contributed by atoms with Gasteiger partial charge in [0.05, 0.1) is 11.2 Å². The van der Waals surface area contributed by atoms with Gasteiger partial charge in [-0.1, -0.05) is 55.1 Å². The first-order chi connectivity index (χ1) is 11.5. The molecule has 2 aromatic carbocycles. The monoisotopic (exact) mass is 350 g/mol. The van der Waals surface area contributed by atoms with Crippen LogP contribution in [0.25, 0.3) is 11.1 Å². The summed E-state index contributed by atoms with van der Waals surface area (Å²) in [6.45, 7) is 15.5. The van der Waals surface area contributed by atoms with Crippen molar-refractivity contribution in [2.45, 2.75) is 58.9 Å². The minimum absolute atomic E-state index is 0.287. The van der Waals surface area contributed by atoms with E-state index in [1.807, 2.05) is 0 Å². The third-order valence-corrected chi connectivity index (χ3v) is 9.90. The average Bonchev–Trinajstić information content (AvgIpc) is 2.87. The Kier molecular flexibility index (Phi) is 3.48. The lowest BCUT2D eigenvalue weighted by Crippen LogP contribution is -2.51. The SMILES string of the molecule is Cc1ccc2c(c1)[Si](C)(C)c1cc(B3OC(C)(C)C(C)(C)O3)ccc1-2. The molecule has 2 aliphatic rings. The van der Waals surface area contributed by atoms with E-state index in [4.69, 9.17) is 9.31 Å². The molecule has 0 bridgehead atoms. The van der Waals surface area contributed by atoms with Crippen LogP contribution in [0.4, 0.5) is 0 Å². The maximum Gasteiger partial charge on any atom is 0.494 e. The molecule has 2 aromatic rings. The molecule has 0 radical (unpaired) electrons. The summed E-state index contributed by atoms with van der Waals surface area (Å²) >= 11 is 0. The van der Waals surface area contributed by atoms with Crippen LogP contribution >= 0.6 is 0 Å². The van der Waals surface area contributed by atoms with Crippen molar-refractivity contribution in [2.75, 3.05) is 0 Å². The Hall–Kier alpha value is -1.36. The number of hydrogen-bond acceptors (Lipinski definition) is 2. The van der Waals surface area contributed by atoms with E-state index in [1.54, 1.807) is 5.19 Å². The second kappa shape index (κ2) is 5.09. The number of rotatable bonds is 1. The summed E-state index contributed by atoms with van der Waals surface area (Å²) < 4.78 is 12.5. The van der Waals surface area contributed by atoms with Crippen molar-refractivity contribution in [3.8, 4) is 11.1 Å². The molecule has 0 saturated carbocycles. The highest BCUT2D eigenvalue weighted by Gasteiger charge is 2.52. The molecule has 0 aliphatic carbocycles. The van der Waals surface area contributed by atoms with Crippen LogP contribution in [0.2, 0.25) is 13.1 Å². The number of benzene rings is 2. The predicted molar refractivity (Wildman–Crippen MR) is 109 cm³/mol. The van der Waals surface area contributed by atoms with E-state index in [1.165, 1.54) is 21.9 Å². The van der Waals surface area contributed by atoms with Crippen LogP contribution in [0.5, 0.6) is 0 Å². The fourth-order valence-electron chi connectivity index (χ4n) is 3.99. The van der Waals surface area contributed by atoms with Gasteiger partial charge in [-0.15, -0.1) is 0 Å². The second-order valence-electron chi connectivity index (χ2n) is 9.07. The standard InChI is InChI=1S/C21H27BO2Si/c1-14-8-10-16-17-11-9-15(13-19(17)25(6,7)18(16)12-14)22-23-20(2,3)21(4,5)24-22/h8-13H,1-7H3. The number of fused-ring (bicyclic) bond motifs is 3. The van der Waals surface area contributed by atoms with Crippen molar-refractivity contribution in [3.05, 3.63) is 42.0 Å². The lowest BCUT2D eigenvalue weighted by molar-refractivity contribution is 0.00578. The maximum atomic E-state index is 6.27. The highest BCUT2D eigenvalue weighted by Crippen LogP contribution is 2.37. The third-order valence-electron chi connectivity index (χ3n) is 6.38. The predicted octanol–water partition coefficient (Wildman–Crippen LogP) is 3.10. The Bertz CT molecular complexity index is 854. The van der Waals surface area contributed by atoms with E-state index in [2.05, 4.69) is 84.1 Å². The van der Waals surface area contributed by atoms with Gasteiger partial charge < -0.3 is 9.31 Å². The molecular formula is C21H27BO2Si. The van der Waals surface area contributed by atoms with Gasteiger partial charge in [-0.2, -0.15) is 0 Å². The summed E-state index contributed by atoms with van der Waals surface area (Å²) in [5.74, 6) is 0. The van der Waals surface area contributed by atoms with Gasteiger partial charge in [-0.25, -0.2) is 0 Å². The lowest BCUT2D eigenvalue weighted by atomic mass is 9.78. The van der Waals surface area contributed by atoms with Crippen LogP contribution in [-0.2, 0) is 9.31 Å². The van der Waals surface area contributed by atoms with E-state index in [0.29, 0.717) is 0 Å². The summed E-state index contributed by atoms with van der Waals surface area (Å²) in [5.41, 5.74) is 4.69. The van der Waals surface area contributed by atoms with Crippen LogP contribution in [0.15, 0.2) is 36.4 Å². The molecule has 0 N–H and O–H groups in total. The normalized spacial score (nSPS) is 22.0. The van der Waals surface area contributed by atoms with Gasteiger partial charge in [0.25, 0.3) is 0 Å². The Morgan fingerprint density at radius 1 is 0.800 bits per heavy atom. The molecule has 0 atom stereocenters. The van der Waals surface area contributed by atoms with Crippen molar-refractivity contribution < 1.29 is 9.31 Å². The largest absolute Gasteiger partial charge is 0.494 e. The second-order valence-corrected chi connectivity index (χ2v) is 13.4. The molecule has 4 heteroatoms.